The molecule has 0 saturated carbocycles. The Morgan fingerprint density at radius 3 is 2.72 bits per heavy atom. The van der Waals surface area contributed by atoms with Crippen molar-refractivity contribution in [3.05, 3.63) is 52.9 Å². The molecule has 1 aromatic carbocycles. The molecule has 2 unspecified atom stereocenters. The van der Waals surface area contributed by atoms with Gasteiger partial charge in [0, 0.05) is 49.4 Å². The normalized spacial score (nSPS) is 26.2. The molecular formula is C24H32FN5O2. The van der Waals surface area contributed by atoms with Gasteiger partial charge in [-0.1, -0.05) is 12.1 Å². The third kappa shape index (κ3) is 3.90. The van der Waals surface area contributed by atoms with Crippen LogP contribution in [0.25, 0.3) is 0 Å². The smallest absolute Gasteiger partial charge is 0.407 e. The molecule has 1 amide bonds. The highest BCUT2D eigenvalue weighted by molar-refractivity contribution is 5.65. The molecule has 2 aromatic rings. The lowest BCUT2D eigenvalue weighted by molar-refractivity contribution is 0.101. The lowest BCUT2D eigenvalue weighted by Gasteiger charge is -2.41. The van der Waals surface area contributed by atoms with Gasteiger partial charge in [-0.25, -0.2) is 14.2 Å². The van der Waals surface area contributed by atoms with Crippen molar-refractivity contribution >= 4 is 6.09 Å². The lowest BCUT2D eigenvalue weighted by atomic mass is 9.95. The number of fused-ring (bicyclic) bond motifs is 3. The highest BCUT2D eigenvalue weighted by atomic mass is 19.1. The summed E-state index contributed by atoms with van der Waals surface area (Å²) in [7, 11) is 0. The number of carbonyl (C=O) groups is 1. The molecule has 0 aliphatic carbocycles. The van der Waals surface area contributed by atoms with Gasteiger partial charge in [0.25, 0.3) is 0 Å². The molecule has 1 aromatic heterocycles. The lowest BCUT2D eigenvalue weighted by Crippen LogP contribution is -2.45. The van der Waals surface area contributed by atoms with Gasteiger partial charge in [0.15, 0.2) is 0 Å². The van der Waals surface area contributed by atoms with Crippen LogP contribution in [0.2, 0.25) is 0 Å². The molecule has 172 valence electrons. The van der Waals surface area contributed by atoms with Gasteiger partial charge in [0.05, 0.1) is 12.2 Å². The number of amides is 1. The number of imidazole rings is 1. The molecule has 8 heteroatoms. The number of nitrogens with two attached hydrogens (primary N) is 1. The molecule has 2 fully saturated rings. The van der Waals surface area contributed by atoms with Crippen LogP contribution in [0.3, 0.4) is 0 Å². The van der Waals surface area contributed by atoms with Crippen LogP contribution in [0.4, 0.5) is 9.18 Å². The van der Waals surface area contributed by atoms with Gasteiger partial charge >= 0.3 is 6.09 Å². The number of benzene rings is 1. The zero-order valence-corrected chi connectivity index (χ0v) is 18.6. The number of aromatic nitrogens is 2. The first-order valence-corrected chi connectivity index (χ1v) is 11.7. The quantitative estimate of drug-likeness (QED) is 0.740. The Morgan fingerprint density at radius 2 is 2.03 bits per heavy atom. The molecule has 0 spiro atoms. The molecule has 2 saturated heterocycles. The van der Waals surface area contributed by atoms with Crippen molar-refractivity contribution < 1.29 is 14.3 Å². The Kier molecular flexibility index (Phi) is 5.67. The second-order valence-corrected chi connectivity index (χ2v) is 9.57. The summed E-state index contributed by atoms with van der Waals surface area (Å²) in [6, 6.07) is 7.98. The Morgan fingerprint density at radius 1 is 1.28 bits per heavy atom. The predicted octanol–water partition coefficient (Wildman–Crippen LogP) is 3.62. The number of aryl methyl sites for hydroxylation is 1. The van der Waals surface area contributed by atoms with E-state index >= 15 is 0 Å². The van der Waals surface area contributed by atoms with Crippen molar-refractivity contribution in [1.82, 2.24) is 19.4 Å². The SMILES string of the molecule is Cc1nc2c(n1C1CC3CCC(C1)N3CC[C@H](N)c1cccc(F)c1)CCN(C(=O)O)C2. The molecule has 0 radical (unpaired) electrons. The van der Waals surface area contributed by atoms with E-state index in [0.29, 0.717) is 31.2 Å². The van der Waals surface area contributed by atoms with E-state index in [0.717, 1.165) is 49.3 Å². The highest BCUT2D eigenvalue weighted by Gasteiger charge is 2.42. The van der Waals surface area contributed by atoms with Gasteiger partial charge in [-0.2, -0.15) is 0 Å². The van der Waals surface area contributed by atoms with Crippen LogP contribution >= 0.6 is 0 Å². The number of hydrogen-bond donors (Lipinski definition) is 2. The van der Waals surface area contributed by atoms with Gasteiger partial charge in [-0.05, 0) is 56.7 Å². The Hall–Kier alpha value is -2.45. The Balaban J connectivity index is 1.26. The highest BCUT2D eigenvalue weighted by Crippen LogP contribution is 2.42. The standard InChI is InChI=1S/C24H32FN5O2/c1-15-27-22-14-28(24(31)32)9-8-23(22)30(15)20-12-18-5-6-19(13-20)29(18)10-7-21(26)16-3-2-4-17(25)11-16/h2-4,11,18-21H,5-10,12-14,26H2,1H3,(H,31,32)/t18?,19?,20?,21-/m0/s1. The van der Waals surface area contributed by atoms with E-state index in [1.165, 1.54) is 29.5 Å². The first-order valence-electron chi connectivity index (χ1n) is 11.7. The van der Waals surface area contributed by atoms with Crippen molar-refractivity contribution in [3.8, 4) is 0 Å². The van der Waals surface area contributed by atoms with E-state index in [1.807, 2.05) is 6.07 Å². The number of carboxylic acid groups (broad SMARTS) is 1. The zero-order valence-electron chi connectivity index (χ0n) is 18.6. The van der Waals surface area contributed by atoms with Crippen LogP contribution in [0.1, 0.15) is 67.0 Å². The van der Waals surface area contributed by atoms with E-state index in [-0.39, 0.29) is 11.9 Å². The zero-order chi connectivity index (χ0) is 22.4. The summed E-state index contributed by atoms with van der Waals surface area (Å²) in [6.07, 6.45) is 5.30. The van der Waals surface area contributed by atoms with E-state index in [1.54, 1.807) is 12.1 Å². The maximum atomic E-state index is 13.5. The van der Waals surface area contributed by atoms with E-state index in [2.05, 4.69) is 16.4 Å². The molecule has 3 aliphatic heterocycles. The molecule has 4 heterocycles. The molecule has 32 heavy (non-hydrogen) atoms. The minimum atomic E-state index is -0.870. The van der Waals surface area contributed by atoms with Crippen LogP contribution in [0.5, 0.6) is 0 Å². The maximum absolute atomic E-state index is 13.5. The number of hydrogen-bond acceptors (Lipinski definition) is 4. The number of halogens is 1. The molecule has 7 nitrogen and oxygen atoms in total. The summed E-state index contributed by atoms with van der Waals surface area (Å²) in [4.78, 5) is 20.2. The largest absolute Gasteiger partial charge is 0.465 e. The molecule has 3 atom stereocenters. The fourth-order valence-electron chi connectivity index (χ4n) is 6.20. The first kappa shape index (κ1) is 21.4. The van der Waals surface area contributed by atoms with Crippen LogP contribution < -0.4 is 5.73 Å². The summed E-state index contributed by atoms with van der Waals surface area (Å²) in [5.74, 6) is 0.776. The maximum Gasteiger partial charge on any atom is 0.407 e. The average Bonchev–Trinajstić information content (AvgIpc) is 3.22. The van der Waals surface area contributed by atoms with Gasteiger partial charge in [0.2, 0.25) is 0 Å². The summed E-state index contributed by atoms with van der Waals surface area (Å²) in [5.41, 5.74) is 9.39. The van der Waals surface area contributed by atoms with Crippen LogP contribution in [-0.2, 0) is 13.0 Å². The minimum Gasteiger partial charge on any atom is -0.465 e. The van der Waals surface area contributed by atoms with Crippen molar-refractivity contribution in [3.63, 3.8) is 0 Å². The van der Waals surface area contributed by atoms with Crippen molar-refractivity contribution in [1.29, 1.82) is 0 Å². The monoisotopic (exact) mass is 441 g/mol. The number of rotatable bonds is 5. The fraction of sp³-hybridized carbons (Fsp3) is 0.583. The van der Waals surface area contributed by atoms with E-state index in [9.17, 15) is 14.3 Å². The first-order chi connectivity index (χ1) is 15.4. The minimum absolute atomic E-state index is 0.150. The second-order valence-electron chi connectivity index (χ2n) is 9.57. The molecule has 3 N–H and O–H groups in total. The average molecular weight is 442 g/mol. The van der Waals surface area contributed by atoms with Gasteiger partial charge in [-0.3, -0.25) is 4.90 Å². The van der Waals surface area contributed by atoms with E-state index < -0.39 is 6.09 Å². The summed E-state index contributed by atoms with van der Waals surface area (Å²) < 4.78 is 16.0. The second kappa shape index (κ2) is 8.48. The fourth-order valence-corrected chi connectivity index (χ4v) is 6.20. The molecule has 3 aliphatic rings. The van der Waals surface area contributed by atoms with Gasteiger partial charge in [-0.15, -0.1) is 0 Å². The van der Waals surface area contributed by atoms with Crippen molar-refractivity contribution in [2.75, 3.05) is 13.1 Å². The summed E-state index contributed by atoms with van der Waals surface area (Å²) in [6.45, 7) is 3.92. The molecule has 5 rings (SSSR count). The van der Waals surface area contributed by atoms with E-state index in [4.69, 9.17) is 10.7 Å². The van der Waals surface area contributed by atoms with Crippen LogP contribution in [0.15, 0.2) is 24.3 Å². The molecular weight excluding hydrogens is 409 g/mol. The third-order valence-corrected chi connectivity index (χ3v) is 7.70. The topological polar surface area (TPSA) is 87.6 Å². The Labute approximate surface area is 188 Å². The number of piperidine rings is 1. The van der Waals surface area contributed by atoms with Crippen molar-refractivity contribution in [2.45, 2.75) is 76.2 Å². The van der Waals surface area contributed by atoms with Crippen LogP contribution in [0, 0.1) is 12.7 Å². The predicted molar refractivity (Wildman–Crippen MR) is 119 cm³/mol. The van der Waals surface area contributed by atoms with Gasteiger partial charge < -0.3 is 20.3 Å². The summed E-state index contributed by atoms with van der Waals surface area (Å²) >= 11 is 0. The van der Waals surface area contributed by atoms with Gasteiger partial charge in [0.1, 0.15) is 11.6 Å². The number of nitrogens with zero attached hydrogens (tertiary/aromatic N) is 4. The van der Waals surface area contributed by atoms with Crippen LogP contribution in [-0.4, -0.2) is 55.7 Å². The Bertz CT molecular complexity index is 994. The third-order valence-electron chi connectivity index (χ3n) is 7.70. The summed E-state index contributed by atoms with van der Waals surface area (Å²) in [5, 5.41) is 9.33. The van der Waals surface area contributed by atoms with Crippen molar-refractivity contribution in [2.24, 2.45) is 5.73 Å². The molecule has 2 bridgehead atoms.